The van der Waals surface area contributed by atoms with Crippen LogP contribution >= 0.6 is 23.4 Å². The van der Waals surface area contributed by atoms with E-state index in [0.717, 1.165) is 6.42 Å². The van der Waals surface area contributed by atoms with Crippen molar-refractivity contribution in [2.24, 2.45) is 0 Å². The third-order valence-electron chi connectivity index (χ3n) is 0.920. The standard InChI is InChI=1S/C5H9Cl2NO/c1-2-3-4(6)5(9)8-7/h4H,2-3H2,1H3,(H,8,9). The first-order valence-corrected chi connectivity index (χ1v) is 3.58. The lowest BCUT2D eigenvalue weighted by molar-refractivity contribution is -0.119. The number of alkyl halides is 1. The van der Waals surface area contributed by atoms with E-state index in [1.54, 1.807) is 0 Å². The molecule has 54 valence electrons. The van der Waals surface area contributed by atoms with Gasteiger partial charge in [0.1, 0.15) is 5.38 Å². The summed E-state index contributed by atoms with van der Waals surface area (Å²) in [5, 5.41) is -0.479. The van der Waals surface area contributed by atoms with E-state index in [0.29, 0.717) is 6.42 Å². The minimum atomic E-state index is -0.479. The summed E-state index contributed by atoms with van der Waals surface area (Å²) in [7, 11) is 0. The van der Waals surface area contributed by atoms with Gasteiger partial charge in [0.25, 0.3) is 5.91 Å². The van der Waals surface area contributed by atoms with Crippen molar-refractivity contribution in [3.05, 3.63) is 0 Å². The van der Waals surface area contributed by atoms with Crippen LogP contribution in [-0.2, 0) is 4.79 Å². The highest BCUT2D eigenvalue weighted by Crippen LogP contribution is 2.04. The van der Waals surface area contributed by atoms with Crippen LogP contribution in [0.3, 0.4) is 0 Å². The first kappa shape index (κ1) is 9.05. The summed E-state index contributed by atoms with van der Waals surface area (Å²) in [6.45, 7) is 1.96. The summed E-state index contributed by atoms with van der Waals surface area (Å²) in [6, 6.07) is 0. The van der Waals surface area contributed by atoms with E-state index in [-0.39, 0.29) is 5.91 Å². The number of amides is 1. The highest BCUT2D eigenvalue weighted by Gasteiger charge is 2.11. The number of hydrogen-bond donors (Lipinski definition) is 1. The van der Waals surface area contributed by atoms with Crippen molar-refractivity contribution < 1.29 is 4.79 Å². The monoisotopic (exact) mass is 169 g/mol. The Bertz CT molecular complexity index is 97.0. The maximum Gasteiger partial charge on any atom is 0.252 e. The van der Waals surface area contributed by atoms with Crippen LogP contribution in [0.25, 0.3) is 0 Å². The molecule has 2 nitrogen and oxygen atoms in total. The first-order chi connectivity index (χ1) is 4.22. The molecule has 1 atom stereocenters. The normalized spacial score (nSPS) is 12.8. The van der Waals surface area contributed by atoms with Crippen molar-refractivity contribution in [3.8, 4) is 0 Å². The second-order valence-corrected chi connectivity index (χ2v) is 2.43. The molecule has 0 aromatic carbocycles. The number of hydrogen-bond acceptors (Lipinski definition) is 1. The molecule has 0 bridgehead atoms. The predicted molar refractivity (Wildman–Crippen MR) is 38.5 cm³/mol. The van der Waals surface area contributed by atoms with Crippen LogP contribution in [0.15, 0.2) is 0 Å². The molecule has 0 radical (unpaired) electrons. The smallest absolute Gasteiger partial charge is 0.252 e. The molecule has 0 rings (SSSR count). The average Bonchev–Trinajstić information content (AvgIpc) is 1.87. The zero-order valence-electron chi connectivity index (χ0n) is 5.16. The molecule has 1 unspecified atom stereocenters. The fraction of sp³-hybridized carbons (Fsp3) is 0.800. The summed E-state index contributed by atoms with van der Waals surface area (Å²) in [5.74, 6) is -0.319. The van der Waals surface area contributed by atoms with Gasteiger partial charge in [-0.1, -0.05) is 13.3 Å². The number of rotatable bonds is 3. The van der Waals surface area contributed by atoms with E-state index in [1.165, 1.54) is 0 Å². The van der Waals surface area contributed by atoms with Gasteiger partial charge in [-0.2, -0.15) is 0 Å². The van der Waals surface area contributed by atoms with Gasteiger partial charge < -0.3 is 0 Å². The SMILES string of the molecule is CCCC(Cl)C(=O)NCl. The predicted octanol–water partition coefficient (Wildman–Crippen LogP) is 1.66. The van der Waals surface area contributed by atoms with Gasteiger partial charge in [0.2, 0.25) is 0 Å². The van der Waals surface area contributed by atoms with E-state index in [9.17, 15) is 4.79 Å². The lowest BCUT2D eigenvalue weighted by Crippen LogP contribution is -2.23. The molecule has 0 saturated heterocycles. The van der Waals surface area contributed by atoms with E-state index < -0.39 is 5.38 Å². The molecule has 0 fully saturated rings. The van der Waals surface area contributed by atoms with E-state index in [4.69, 9.17) is 23.4 Å². The van der Waals surface area contributed by atoms with Crippen molar-refractivity contribution in [2.75, 3.05) is 0 Å². The third kappa shape index (κ3) is 3.60. The zero-order chi connectivity index (χ0) is 7.28. The minimum Gasteiger partial charge on any atom is -0.272 e. The Morgan fingerprint density at radius 1 is 1.78 bits per heavy atom. The molecule has 0 aliphatic heterocycles. The fourth-order valence-corrected chi connectivity index (χ4v) is 0.904. The average molecular weight is 170 g/mol. The van der Waals surface area contributed by atoms with Gasteiger partial charge in [0.15, 0.2) is 0 Å². The van der Waals surface area contributed by atoms with Crippen molar-refractivity contribution in [1.29, 1.82) is 0 Å². The third-order valence-corrected chi connectivity index (χ3v) is 1.52. The molecule has 9 heavy (non-hydrogen) atoms. The van der Waals surface area contributed by atoms with E-state index in [2.05, 4.69) is 0 Å². The minimum absolute atomic E-state index is 0.319. The molecule has 0 heterocycles. The van der Waals surface area contributed by atoms with Crippen molar-refractivity contribution in [2.45, 2.75) is 25.1 Å². The molecule has 0 spiro atoms. The van der Waals surface area contributed by atoms with Crippen LogP contribution in [0.1, 0.15) is 19.8 Å². The van der Waals surface area contributed by atoms with Gasteiger partial charge in [-0.25, -0.2) is 0 Å². The quantitative estimate of drug-likeness (QED) is 0.506. The number of carbonyl (C=O) groups excluding carboxylic acids is 1. The molecule has 0 aromatic heterocycles. The van der Waals surface area contributed by atoms with E-state index >= 15 is 0 Å². The van der Waals surface area contributed by atoms with E-state index in [1.807, 2.05) is 11.8 Å². The Kier molecular flexibility index (Phi) is 4.91. The Hall–Kier alpha value is 0.0500. The molecule has 0 aliphatic rings. The molecule has 4 heteroatoms. The Labute approximate surface area is 64.6 Å². The molecule has 0 saturated carbocycles. The Balaban J connectivity index is 3.45. The van der Waals surface area contributed by atoms with Crippen molar-refractivity contribution in [1.82, 2.24) is 4.84 Å². The topological polar surface area (TPSA) is 29.1 Å². The largest absolute Gasteiger partial charge is 0.272 e. The summed E-state index contributed by atoms with van der Waals surface area (Å²) >= 11 is 10.5. The van der Waals surface area contributed by atoms with Gasteiger partial charge in [-0.3, -0.25) is 9.63 Å². The van der Waals surface area contributed by atoms with Crippen LogP contribution < -0.4 is 4.84 Å². The molecule has 0 aliphatic carbocycles. The van der Waals surface area contributed by atoms with Crippen molar-refractivity contribution in [3.63, 3.8) is 0 Å². The molecule has 1 N–H and O–H groups in total. The number of carbonyl (C=O) groups is 1. The van der Waals surface area contributed by atoms with Gasteiger partial charge >= 0.3 is 0 Å². The second kappa shape index (κ2) is 4.89. The summed E-state index contributed by atoms with van der Waals surface area (Å²) < 4.78 is 0. The van der Waals surface area contributed by atoms with Gasteiger partial charge in [-0.15, -0.1) is 11.6 Å². The van der Waals surface area contributed by atoms with Crippen LogP contribution in [0, 0.1) is 0 Å². The van der Waals surface area contributed by atoms with Crippen molar-refractivity contribution >= 4 is 29.3 Å². The van der Waals surface area contributed by atoms with Gasteiger partial charge in [0, 0.05) is 11.8 Å². The maximum absolute atomic E-state index is 10.5. The summed E-state index contributed by atoms with van der Waals surface area (Å²) in [4.78, 5) is 12.5. The fourth-order valence-electron chi connectivity index (χ4n) is 0.444. The highest BCUT2D eigenvalue weighted by molar-refractivity contribution is 6.34. The van der Waals surface area contributed by atoms with Gasteiger partial charge in [0.05, 0.1) is 0 Å². The maximum atomic E-state index is 10.5. The van der Waals surface area contributed by atoms with Crippen LogP contribution in [0.4, 0.5) is 0 Å². The lowest BCUT2D eigenvalue weighted by atomic mass is 10.2. The van der Waals surface area contributed by atoms with Crippen LogP contribution in [0.2, 0.25) is 0 Å². The summed E-state index contributed by atoms with van der Waals surface area (Å²) in [5.41, 5.74) is 0. The van der Waals surface area contributed by atoms with Gasteiger partial charge in [-0.05, 0) is 6.42 Å². The highest BCUT2D eigenvalue weighted by atomic mass is 35.5. The molecular formula is C5H9Cl2NO. The van der Waals surface area contributed by atoms with Crippen LogP contribution in [-0.4, -0.2) is 11.3 Å². The summed E-state index contributed by atoms with van der Waals surface area (Å²) in [6.07, 6.45) is 1.55. The molecular weight excluding hydrogens is 161 g/mol. The molecule has 0 aromatic rings. The first-order valence-electron chi connectivity index (χ1n) is 2.77. The Morgan fingerprint density at radius 2 is 2.33 bits per heavy atom. The second-order valence-electron chi connectivity index (χ2n) is 1.71. The number of halogens is 2. The zero-order valence-corrected chi connectivity index (χ0v) is 6.67. The Morgan fingerprint density at radius 3 is 2.67 bits per heavy atom. The lowest BCUT2D eigenvalue weighted by Gasteiger charge is -2.02. The molecule has 1 amide bonds. The van der Waals surface area contributed by atoms with Crippen LogP contribution in [0.5, 0.6) is 0 Å². The number of nitrogens with one attached hydrogen (secondary N) is 1.